The molecule has 0 aliphatic carbocycles. The molecule has 0 aromatic heterocycles. The van der Waals surface area contributed by atoms with E-state index < -0.39 is 5.91 Å². The highest BCUT2D eigenvalue weighted by molar-refractivity contribution is 5.97. The lowest BCUT2D eigenvalue weighted by molar-refractivity contribution is 0.0952. The number of hydrogen-bond donors (Lipinski definition) is 3. The number of para-hydroxylation sites is 2. The van der Waals surface area contributed by atoms with Crippen molar-refractivity contribution in [2.24, 2.45) is 5.10 Å². The standard InChI is InChI=1S/C15H14N2O4/c1-21-13-8-4-5-10(14(13)19)9-16-17-15(20)11-6-2-3-7-12(11)18/h2-9,18-19H,1H3,(H,17,20). The summed E-state index contributed by atoms with van der Waals surface area (Å²) in [6.07, 6.45) is 1.29. The zero-order chi connectivity index (χ0) is 15.2. The largest absolute Gasteiger partial charge is 0.507 e. The number of hydrogen-bond acceptors (Lipinski definition) is 5. The van der Waals surface area contributed by atoms with Crippen molar-refractivity contribution in [2.75, 3.05) is 7.11 Å². The van der Waals surface area contributed by atoms with Gasteiger partial charge in [-0.1, -0.05) is 18.2 Å². The summed E-state index contributed by atoms with van der Waals surface area (Å²) in [4.78, 5) is 11.8. The quantitative estimate of drug-likeness (QED) is 0.591. The molecule has 108 valence electrons. The van der Waals surface area contributed by atoms with Crippen LogP contribution in [0, 0.1) is 0 Å². The van der Waals surface area contributed by atoms with Gasteiger partial charge in [0.15, 0.2) is 11.5 Å². The molecule has 0 radical (unpaired) electrons. The average Bonchev–Trinajstić information content (AvgIpc) is 2.49. The van der Waals surface area contributed by atoms with E-state index in [9.17, 15) is 15.0 Å². The van der Waals surface area contributed by atoms with E-state index in [1.165, 1.54) is 25.5 Å². The molecule has 0 fully saturated rings. The molecule has 0 unspecified atom stereocenters. The minimum atomic E-state index is -0.549. The number of phenolic OH excluding ortho intramolecular Hbond substituents is 2. The topological polar surface area (TPSA) is 91.2 Å². The van der Waals surface area contributed by atoms with Crippen LogP contribution < -0.4 is 10.2 Å². The summed E-state index contributed by atoms with van der Waals surface area (Å²) in [5.41, 5.74) is 2.78. The summed E-state index contributed by atoms with van der Waals surface area (Å²) in [5.74, 6) is -0.437. The molecule has 6 nitrogen and oxygen atoms in total. The van der Waals surface area contributed by atoms with Gasteiger partial charge in [-0.2, -0.15) is 5.10 Å². The number of nitrogens with zero attached hydrogens (tertiary/aromatic N) is 1. The van der Waals surface area contributed by atoms with Gasteiger partial charge < -0.3 is 14.9 Å². The Bertz CT molecular complexity index is 683. The van der Waals surface area contributed by atoms with Crippen molar-refractivity contribution in [2.45, 2.75) is 0 Å². The predicted molar refractivity (Wildman–Crippen MR) is 77.8 cm³/mol. The van der Waals surface area contributed by atoms with Gasteiger partial charge in [-0.25, -0.2) is 5.43 Å². The monoisotopic (exact) mass is 286 g/mol. The smallest absolute Gasteiger partial charge is 0.275 e. The first-order valence-corrected chi connectivity index (χ1v) is 6.11. The number of hydrazone groups is 1. The minimum Gasteiger partial charge on any atom is -0.507 e. The summed E-state index contributed by atoms with van der Waals surface area (Å²) >= 11 is 0. The van der Waals surface area contributed by atoms with E-state index in [4.69, 9.17) is 4.74 Å². The lowest BCUT2D eigenvalue weighted by Gasteiger charge is -2.05. The lowest BCUT2D eigenvalue weighted by Crippen LogP contribution is -2.17. The van der Waals surface area contributed by atoms with Gasteiger partial charge in [0.05, 0.1) is 18.9 Å². The fourth-order valence-corrected chi connectivity index (χ4v) is 1.69. The summed E-state index contributed by atoms with van der Waals surface area (Å²) in [6.45, 7) is 0. The zero-order valence-electron chi connectivity index (χ0n) is 11.3. The molecule has 0 spiro atoms. The van der Waals surface area contributed by atoms with Crippen molar-refractivity contribution >= 4 is 12.1 Å². The second kappa shape index (κ2) is 6.42. The molecule has 0 saturated heterocycles. The normalized spacial score (nSPS) is 10.5. The van der Waals surface area contributed by atoms with Crippen LogP contribution >= 0.6 is 0 Å². The van der Waals surface area contributed by atoms with Gasteiger partial charge in [0.25, 0.3) is 5.91 Å². The highest BCUT2D eigenvalue weighted by Gasteiger charge is 2.09. The zero-order valence-corrected chi connectivity index (χ0v) is 11.3. The van der Waals surface area contributed by atoms with Gasteiger partial charge in [0.2, 0.25) is 0 Å². The van der Waals surface area contributed by atoms with Gasteiger partial charge in [-0.05, 0) is 24.3 Å². The first kappa shape index (κ1) is 14.4. The third kappa shape index (κ3) is 3.30. The van der Waals surface area contributed by atoms with Crippen molar-refractivity contribution in [3.63, 3.8) is 0 Å². The molecule has 0 heterocycles. The third-order valence-corrected chi connectivity index (χ3v) is 2.77. The minimum absolute atomic E-state index is 0.0689. The number of benzene rings is 2. The number of ether oxygens (including phenoxy) is 1. The number of phenols is 2. The highest BCUT2D eigenvalue weighted by Crippen LogP contribution is 2.27. The fraction of sp³-hybridized carbons (Fsp3) is 0.0667. The maximum absolute atomic E-state index is 11.8. The molecular formula is C15H14N2O4. The molecule has 3 N–H and O–H groups in total. The van der Waals surface area contributed by atoms with Gasteiger partial charge in [-0.3, -0.25) is 4.79 Å². The SMILES string of the molecule is COc1cccc(C=NNC(=O)c2ccccc2O)c1O. The number of carbonyl (C=O) groups is 1. The molecule has 6 heteroatoms. The first-order valence-electron chi connectivity index (χ1n) is 6.11. The van der Waals surface area contributed by atoms with Crippen molar-refractivity contribution in [1.29, 1.82) is 0 Å². The van der Waals surface area contributed by atoms with E-state index in [-0.39, 0.29) is 17.1 Å². The predicted octanol–water partition coefficient (Wildman–Crippen LogP) is 1.87. The van der Waals surface area contributed by atoms with Crippen LogP contribution in [0.5, 0.6) is 17.2 Å². The van der Waals surface area contributed by atoms with Crippen molar-refractivity contribution in [3.8, 4) is 17.2 Å². The van der Waals surface area contributed by atoms with Crippen LogP contribution in [-0.2, 0) is 0 Å². The van der Waals surface area contributed by atoms with Crippen LogP contribution in [0.15, 0.2) is 47.6 Å². The number of amides is 1. The van der Waals surface area contributed by atoms with E-state index in [0.29, 0.717) is 11.3 Å². The van der Waals surface area contributed by atoms with E-state index in [2.05, 4.69) is 10.5 Å². The Morgan fingerprint density at radius 2 is 1.95 bits per heavy atom. The number of nitrogens with one attached hydrogen (secondary N) is 1. The van der Waals surface area contributed by atoms with Gasteiger partial charge in [-0.15, -0.1) is 0 Å². The maximum Gasteiger partial charge on any atom is 0.275 e. The Kier molecular flexibility index (Phi) is 4.40. The first-order chi connectivity index (χ1) is 10.1. The fourth-order valence-electron chi connectivity index (χ4n) is 1.69. The van der Waals surface area contributed by atoms with Crippen molar-refractivity contribution < 1.29 is 19.7 Å². The number of carbonyl (C=O) groups excluding carboxylic acids is 1. The molecule has 0 saturated carbocycles. The summed E-state index contributed by atoms with van der Waals surface area (Å²) in [6, 6.07) is 11.0. The van der Waals surface area contributed by atoms with E-state index in [0.717, 1.165) is 0 Å². The Morgan fingerprint density at radius 3 is 2.67 bits per heavy atom. The molecule has 0 bridgehead atoms. The second-order valence-corrected chi connectivity index (χ2v) is 4.11. The molecule has 2 aromatic carbocycles. The third-order valence-electron chi connectivity index (χ3n) is 2.77. The van der Waals surface area contributed by atoms with Crippen LogP contribution in [0.3, 0.4) is 0 Å². The van der Waals surface area contributed by atoms with E-state index >= 15 is 0 Å². The summed E-state index contributed by atoms with van der Waals surface area (Å²) in [7, 11) is 1.44. The van der Waals surface area contributed by atoms with Gasteiger partial charge >= 0.3 is 0 Å². The molecule has 1 amide bonds. The molecule has 2 rings (SSSR count). The average molecular weight is 286 g/mol. The Hall–Kier alpha value is -3.02. The van der Waals surface area contributed by atoms with E-state index in [1.54, 1.807) is 30.3 Å². The van der Waals surface area contributed by atoms with Crippen LogP contribution in [0.4, 0.5) is 0 Å². The second-order valence-electron chi connectivity index (χ2n) is 4.11. The lowest BCUT2D eigenvalue weighted by atomic mass is 10.2. The highest BCUT2D eigenvalue weighted by atomic mass is 16.5. The number of aromatic hydroxyl groups is 2. The number of rotatable bonds is 4. The van der Waals surface area contributed by atoms with Gasteiger partial charge in [0.1, 0.15) is 5.75 Å². The van der Waals surface area contributed by atoms with Crippen molar-refractivity contribution in [1.82, 2.24) is 5.43 Å². The van der Waals surface area contributed by atoms with Crippen LogP contribution in [0.25, 0.3) is 0 Å². The number of methoxy groups -OCH3 is 1. The van der Waals surface area contributed by atoms with Gasteiger partial charge in [0, 0.05) is 5.56 Å². The molecular weight excluding hydrogens is 272 g/mol. The Labute approximate surface area is 121 Å². The molecule has 0 atom stereocenters. The Balaban J connectivity index is 2.10. The van der Waals surface area contributed by atoms with Crippen molar-refractivity contribution in [3.05, 3.63) is 53.6 Å². The summed E-state index contributed by atoms with van der Waals surface area (Å²) in [5, 5.41) is 23.1. The maximum atomic E-state index is 11.8. The molecule has 2 aromatic rings. The molecule has 0 aliphatic rings. The molecule has 0 aliphatic heterocycles. The van der Waals surface area contributed by atoms with E-state index in [1.807, 2.05) is 0 Å². The Morgan fingerprint density at radius 1 is 1.19 bits per heavy atom. The van der Waals surface area contributed by atoms with Crippen LogP contribution in [0.2, 0.25) is 0 Å². The van der Waals surface area contributed by atoms with Crippen LogP contribution in [0.1, 0.15) is 15.9 Å². The summed E-state index contributed by atoms with van der Waals surface area (Å²) < 4.78 is 4.97. The van der Waals surface area contributed by atoms with Crippen LogP contribution in [-0.4, -0.2) is 29.4 Å². The molecule has 21 heavy (non-hydrogen) atoms.